The topological polar surface area (TPSA) is 23.6 Å². The molecule has 1 fully saturated rings. The van der Waals surface area contributed by atoms with Crippen LogP contribution in [-0.4, -0.2) is 48.9 Å². The summed E-state index contributed by atoms with van der Waals surface area (Å²) in [6.07, 6.45) is 16.9. The van der Waals surface area contributed by atoms with Crippen LogP contribution in [-0.2, 0) is 4.79 Å². The van der Waals surface area contributed by atoms with Crippen LogP contribution in [0.4, 0.5) is 0 Å². The molecule has 2 atom stereocenters. The molecule has 1 rings (SSSR count). The molecule has 0 aromatic heterocycles. The maximum atomic E-state index is 12.7. The van der Waals surface area contributed by atoms with Crippen molar-refractivity contribution in [3.8, 4) is 0 Å². The molecule has 172 valence electrons. The Balaban J connectivity index is 2.27. The number of piperidine rings is 1. The van der Waals surface area contributed by atoms with Crippen LogP contribution in [0.3, 0.4) is 0 Å². The molecule has 0 aromatic rings. The van der Waals surface area contributed by atoms with Gasteiger partial charge in [0.05, 0.1) is 0 Å². The normalized spacial score (nSPS) is 19.2. The summed E-state index contributed by atoms with van der Waals surface area (Å²) in [5.41, 5.74) is 4.39. The van der Waals surface area contributed by atoms with E-state index in [0.717, 1.165) is 51.6 Å². The molecule has 0 aromatic carbocycles. The molecule has 3 nitrogen and oxygen atoms in total. The van der Waals surface area contributed by atoms with Gasteiger partial charge in [0, 0.05) is 25.6 Å². The van der Waals surface area contributed by atoms with Crippen molar-refractivity contribution in [2.24, 2.45) is 5.92 Å². The zero-order valence-corrected chi connectivity index (χ0v) is 21.0. The maximum Gasteiger partial charge on any atom is 0.222 e. The van der Waals surface area contributed by atoms with E-state index >= 15 is 0 Å². The molecule has 1 aliphatic heterocycles. The average molecular weight is 417 g/mol. The Labute approximate surface area is 187 Å². The van der Waals surface area contributed by atoms with Gasteiger partial charge in [-0.2, -0.15) is 0 Å². The first-order valence-corrected chi connectivity index (χ1v) is 12.1. The second kappa shape index (κ2) is 14.6. The van der Waals surface area contributed by atoms with Crippen molar-refractivity contribution in [1.82, 2.24) is 9.80 Å². The second-order valence-electron chi connectivity index (χ2n) is 9.95. The predicted molar refractivity (Wildman–Crippen MR) is 132 cm³/mol. The average Bonchev–Trinajstić information content (AvgIpc) is 2.67. The van der Waals surface area contributed by atoms with Gasteiger partial charge in [-0.25, -0.2) is 0 Å². The van der Waals surface area contributed by atoms with Gasteiger partial charge in [-0.05, 0) is 99.1 Å². The number of likely N-dealkylation sites (N-methyl/N-ethyl adjacent to an activating group) is 1. The number of hydrogen-bond donors (Lipinski definition) is 0. The summed E-state index contributed by atoms with van der Waals surface area (Å²) in [7, 11) is 4.25. The van der Waals surface area contributed by atoms with Gasteiger partial charge in [0.15, 0.2) is 0 Å². The van der Waals surface area contributed by atoms with Crippen LogP contribution in [0.2, 0.25) is 0 Å². The van der Waals surface area contributed by atoms with Crippen molar-refractivity contribution in [1.29, 1.82) is 0 Å². The lowest BCUT2D eigenvalue weighted by Gasteiger charge is -2.36. The summed E-state index contributed by atoms with van der Waals surface area (Å²) >= 11 is 0. The Morgan fingerprint density at radius 3 is 2.20 bits per heavy atom. The van der Waals surface area contributed by atoms with Gasteiger partial charge in [0.2, 0.25) is 5.91 Å². The SMILES string of the molecule is CC(C)=CCC/C(C)=C/CC/C(C)=C/CCC(C)CC(=O)N1CCCC(N(C)C)C1. The Morgan fingerprint density at radius 1 is 1.00 bits per heavy atom. The van der Waals surface area contributed by atoms with Gasteiger partial charge >= 0.3 is 0 Å². The molecular formula is C27H48N2O. The smallest absolute Gasteiger partial charge is 0.222 e. The Kier molecular flexibility index (Phi) is 13.0. The van der Waals surface area contributed by atoms with Gasteiger partial charge in [0.25, 0.3) is 0 Å². The molecular weight excluding hydrogens is 368 g/mol. The molecule has 1 aliphatic rings. The first kappa shape index (κ1) is 26.7. The molecule has 3 heteroatoms. The molecule has 0 aliphatic carbocycles. The fourth-order valence-electron chi connectivity index (χ4n) is 4.09. The van der Waals surface area contributed by atoms with Crippen molar-refractivity contribution in [2.75, 3.05) is 27.2 Å². The van der Waals surface area contributed by atoms with Gasteiger partial charge in [-0.3, -0.25) is 4.79 Å². The third kappa shape index (κ3) is 11.7. The highest BCUT2D eigenvalue weighted by molar-refractivity contribution is 5.76. The third-order valence-electron chi connectivity index (χ3n) is 6.28. The summed E-state index contributed by atoms with van der Waals surface area (Å²) in [5.74, 6) is 0.807. The first-order chi connectivity index (χ1) is 14.2. The van der Waals surface area contributed by atoms with E-state index in [0.29, 0.717) is 24.3 Å². The number of amides is 1. The minimum absolute atomic E-state index is 0.350. The van der Waals surface area contributed by atoms with E-state index in [1.165, 1.54) is 29.6 Å². The second-order valence-corrected chi connectivity index (χ2v) is 9.95. The quantitative estimate of drug-likeness (QED) is 0.328. The molecule has 0 N–H and O–H groups in total. The van der Waals surface area contributed by atoms with Crippen LogP contribution in [0.1, 0.15) is 92.4 Å². The molecule has 1 heterocycles. The highest BCUT2D eigenvalue weighted by Gasteiger charge is 2.25. The molecule has 0 spiro atoms. The van der Waals surface area contributed by atoms with Crippen molar-refractivity contribution in [3.05, 3.63) is 34.9 Å². The van der Waals surface area contributed by atoms with Crippen molar-refractivity contribution >= 4 is 5.91 Å². The number of likely N-dealkylation sites (tertiary alicyclic amines) is 1. The van der Waals surface area contributed by atoms with Crippen LogP contribution in [0.15, 0.2) is 34.9 Å². The number of nitrogens with zero attached hydrogens (tertiary/aromatic N) is 2. The largest absolute Gasteiger partial charge is 0.341 e. The van der Waals surface area contributed by atoms with Gasteiger partial charge in [-0.15, -0.1) is 0 Å². The highest BCUT2D eigenvalue weighted by atomic mass is 16.2. The molecule has 30 heavy (non-hydrogen) atoms. The van der Waals surface area contributed by atoms with E-state index in [-0.39, 0.29) is 0 Å². The fourth-order valence-corrected chi connectivity index (χ4v) is 4.09. The number of hydrogen-bond acceptors (Lipinski definition) is 2. The van der Waals surface area contributed by atoms with Crippen LogP contribution in [0, 0.1) is 5.92 Å². The number of carbonyl (C=O) groups is 1. The molecule has 2 unspecified atom stereocenters. The lowest BCUT2D eigenvalue weighted by atomic mass is 9.98. The molecule has 0 bridgehead atoms. The van der Waals surface area contributed by atoms with Crippen molar-refractivity contribution < 1.29 is 4.79 Å². The van der Waals surface area contributed by atoms with E-state index in [1.54, 1.807) is 0 Å². The van der Waals surface area contributed by atoms with E-state index < -0.39 is 0 Å². The molecule has 1 amide bonds. The first-order valence-electron chi connectivity index (χ1n) is 12.1. The molecule has 0 saturated carbocycles. The van der Waals surface area contributed by atoms with E-state index in [1.807, 2.05) is 0 Å². The predicted octanol–water partition coefficient (Wildman–Crippen LogP) is 6.76. The highest BCUT2D eigenvalue weighted by Crippen LogP contribution is 2.19. The summed E-state index contributed by atoms with van der Waals surface area (Å²) in [6, 6.07) is 0.522. The standard InChI is InChI=1S/C27H48N2O/c1-22(2)12-8-13-23(3)14-9-15-24(4)16-10-17-25(5)20-27(30)29-19-11-18-26(21-29)28(6)7/h12,14,16,25-26H,8-11,13,15,17-21H2,1-7H3/b23-14+,24-16+. The lowest BCUT2D eigenvalue weighted by Crippen LogP contribution is -2.47. The third-order valence-corrected chi connectivity index (χ3v) is 6.28. The van der Waals surface area contributed by atoms with Crippen molar-refractivity contribution in [2.45, 2.75) is 98.4 Å². The molecule has 0 radical (unpaired) electrons. The van der Waals surface area contributed by atoms with E-state index in [2.05, 4.69) is 76.7 Å². The van der Waals surface area contributed by atoms with Crippen LogP contribution < -0.4 is 0 Å². The Morgan fingerprint density at radius 2 is 1.60 bits per heavy atom. The summed E-state index contributed by atoms with van der Waals surface area (Å²) in [5, 5.41) is 0. The van der Waals surface area contributed by atoms with E-state index in [9.17, 15) is 4.79 Å². The zero-order valence-electron chi connectivity index (χ0n) is 21.0. The van der Waals surface area contributed by atoms with Gasteiger partial charge in [0.1, 0.15) is 0 Å². The van der Waals surface area contributed by atoms with Gasteiger partial charge in [-0.1, -0.05) is 41.9 Å². The Bertz CT molecular complexity index is 596. The van der Waals surface area contributed by atoms with E-state index in [4.69, 9.17) is 0 Å². The minimum Gasteiger partial charge on any atom is -0.341 e. The lowest BCUT2D eigenvalue weighted by molar-refractivity contribution is -0.134. The summed E-state index contributed by atoms with van der Waals surface area (Å²) in [6.45, 7) is 12.9. The van der Waals surface area contributed by atoms with Crippen molar-refractivity contribution in [3.63, 3.8) is 0 Å². The van der Waals surface area contributed by atoms with Crippen LogP contribution in [0.5, 0.6) is 0 Å². The summed E-state index contributed by atoms with van der Waals surface area (Å²) in [4.78, 5) is 17.0. The monoisotopic (exact) mass is 416 g/mol. The number of carbonyl (C=O) groups excluding carboxylic acids is 1. The number of rotatable bonds is 12. The number of allylic oxidation sites excluding steroid dienone is 6. The minimum atomic E-state index is 0.350. The van der Waals surface area contributed by atoms with Gasteiger partial charge < -0.3 is 9.80 Å². The molecule has 1 saturated heterocycles. The fraction of sp³-hybridized carbons (Fsp3) is 0.741. The maximum absolute atomic E-state index is 12.7. The Hall–Kier alpha value is -1.35. The van der Waals surface area contributed by atoms with Crippen LogP contribution in [0.25, 0.3) is 0 Å². The zero-order chi connectivity index (χ0) is 22.5. The van der Waals surface area contributed by atoms with Crippen LogP contribution >= 0.6 is 0 Å². The summed E-state index contributed by atoms with van der Waals surface area (Å²) < 4.78 is 0.